The maximum absolute atomic E-state index is 12.7. The van der Waals surface area contributed by atoms with Crippen LogP contribution < -0.4 is 5.32 Å². The van der Waals surface area contributed by atoms with Crippen molar-refractivity contribution >= 4 is 38.4 Å². The van der Waals surface area contributed by atoms with Crippen LogP contribution in [0.2, 0.25) is 0 Å². The Morgan fingerprint density at radius 2 is 1.74 bits per heavy atom. The number of hydrogen-bond acceptors (Lipinski definition) is 5. The van der Waals surface area contributed by atoms with E-state index in [1.807, 2.05) is 4.57 Å². The monoisotopic (exact) mass is 442 g/mol. The average Bonchev–Trinajstić information content (AvgIpc) is 3.15. The maximum atomic E-state index is 12.7. The molecule has 1 heterocycles. The second-order valence-electron chi connectivity index (χ2n) is 7.11. The highest BCUT2D eigenvalue weighted by Gasteiger charge is 2.22. The van der Waals surface area contributed by atoms with Crippen LogP contribution >= 0.6 is 0 Å². The molecule has 1 aromatic heterocycles. The second-order valence-corrected chi connectivity index (χ2v) is 9.05. The van der Waals surface area contributed by atoms with Gasteiger partial charge < -0.3 is 9.88 Å². The van der Waals surface area contributed by atoms with Crippen LogP contribution in [0.25, 0.3) is 11.0 Å². The lowest BCUT2D eigenvalue weighted by Gasteiger charge is -2.18. The first-order chi connectivity index (χ1) is 14.8. The average molecular weight is 443 g/mol. The van der Waals surface area contributed by atoms with E-state index in [0.717, 1.165) is 5.52 Å². The van der Waals surface area contributed by atoms with Gasteiger partial charge in [-0.3, -0.25) is 9.59 Å². The number of Topliss-reactive ketones (excluding diaryl/α,β-unsaturated/α-hetero) is 1. The van der Waals surface area contributed by atoms with Crippen molar-refractivity contribution in [1.82, 2.24) is 13.9 Å². The molecule has 0 saturated carbocycles. The first-order valence-electron chi connectivity index (χ1n) is 10.1. The summed E-state index contributed by atoms with van der Waals surface area (Å²) in [6, 6.07) is 11.6. The molecule has 9 heteroatoms. The molecule has 1 amide bonds. The lowest BCUT2D eigenvalue weighted by atomic mass is 10.1. The van der Waals surface area contributed by atoms with Crippen LogP contribution in [0.15, 0.2) is 53.7 Å². The Morgan fingerprint density at radius 1 is 1.06 bits per heavy atom. The molecule has 0 atom stereocenters. The van der Waals surface area contributed by atoms with E-state index >= 15 is 0 Å². The summed E-state index contributed by atoms with van der Waals surface area (Å²) in [6.07, 6.45) is 1.83. The number of nitrogens with zero attached hydrogens (tertiary/aromatic N) is 3. The summed E-state index contributed by atoms with van der Waals surface area (Å²) in [5.74, 6) is -0.198. The number of anilines is 1. The number of imidazole rings is 1. The van der Waals surface area contributed by atoms with Crippen molar-refractivity contribution in [3.63, 3.8) is 0 Å². The van der Waals surface area contributed by atoms with Gasteiger partial charge in [-0.05, 0) is 49.4 Å². The SMILES string of the molecule is CCN(CC)S(=O)(=O)c1ccc2c(c1)ncn2CCC(=O)Nc1ccc(C(C)=O)cc1. The van der Waals surface area contributed by atoms with Gasteiger partial charge in [0, 0.05) is 37.3 Å². The van der Waals surface area contributed by atoms with Crippen LogP contribution in [-0.2, 0) is 21.4 Å². The molecule has 0 fully saturated rings. The van der Waals surface area contributed by atoms with Crippen molar-refractivity contribution < 1.29 is 18.0 Å². The zero-order valence-corrected chi connectivity index (χ0v) is 18.6. The maximum Gasteiger partial charge on any atom is 0.243 e. The lowest BCUT2D eigenvalue weighted by Crippen LogP contribution is -2.30. The van der Waals surface area contributed by atoms with Gasteiger partial charge in [0.2, 0.25) is 15.9 Å². The molecule has 0 unspecified atom stereocenters. The van der Waals surface area contributed by atoms with Gasteiger partial charge in [-0.2, -0.15) is 4.31 Å². The molecule has 0 aliphatic carbocycles. The topological polar surface area (TPSA) is 101 Å². The number of nitrogens with one attached hydrogen (secondary N) is 1. The van der Waals surface area contributed by atoms with E-state index in [9.17, 15) is 18.0 Å². The Morgan fingerprint density at radius 3 is 2.35 bits per heavy atom. The van der Waals surface area contributed by atoms with E-state index in [-0.39, 0.29) is 23.0 Å². The number of benzene rings is 2. The molecule has 164 valence electrons. The Labute approximate surface area is 181 Å². The van der Waals surface area contributed by atoms with Gasteiger partial charge in [0.15, 0.2) is 5.78 Å². The van der Waals surface area contributed by atoms with Gasteiger partial charge in [-0.15, -0.1) is 0 Å². The van der Waals surface area contributed by atoms with Crippen molar-refractivity contribution in [2.24, 2.45) is 0 Å². The summed E-state index contributed by atoms with van der Waals surface area (Å²) in [4.78, 5) is 28.1. The number of aromatic nitrogens is 2. The van der Waals surface area contributed by atoms with Gasteiger partial charge in [0.25, 0.3) is 0 Å². The highest BCUT2D eigenvalue weighted by atomic mass is 32.2. The van der Waals surface area contributed by atoms with Gasteiger partial charge >= 0.3 is 0 Å². The number of sulfonamides is 1. The third kappa shape index (κ3) is 5.00. The van der Waals surface area contributed by atoms with Crippen LogP contribution in [0.5, 0.6) is 0 Å². The van der Waals surface area contributed by atoms with E-state index in [4.69, 9.17) is 0 Å². The van der Waals surface area contributed by atoms with E-state index in [1.165, 1.54) is 11.2 Å². The van der Waals surface area contributed by atoms with Crippen molar-refractivity contribution in [3.8, 4) is 0 Å². The minimum Gasteiger partial charge on any atom is -0.330 e. The van der Waals surface area contributed by atoms with Crippen LogP contribution in [0, 0.1) is 0 Å². The Kier molecular flexibility index (Phi) is 6.87. The largest absolute Gasteiger partial charge is 0.330 e. The molecule has 0 aliphatic rings. The first-order valence-corrected chi connectivity index (χ1v) is 11.6. The Balaban J connectivity index is 1.68. The van der Waals surface area contributed by atoms with E-state index < -0.39 is 10.0 Å². The smallest absolute Gasteiger partial charge is 0.243 e. The zero-order chi connectivity index (χ0) is 22.6. The molecule has 2 aromatic carbocycles. The fourth-order valence-electron chi connectivity index (χ4n) is 3.33. The normalized spacial score (nSPS) is 11.7. The first kappa shape index (κ1) is 22.6. The Bertz CT molecular complexity index is 1200. The van der Waals surface area contributed by atoms with Crippen LogP contribution in [-0.4, -0.2) is 47.1 Å². The molecular formula is C22H26N4O4S. The number of aryl methyl sites for hydroxylation is 1. The third-order valence-electron chi connectivity index (χ3n) is 5.09. The molecule has 31 heavy (non-hydrogen) atoms. The molecular weight excluding hydrogens is 416 g/mol. The highest BCUT2D eigenvalue weighted by Crippen LogP contribution is 2.21. The summed E-state index contributed by atoms with van der Waals surface area (Å²) in [5, 5.41) is 2.80. The zero-order valence-electron chi connectivity index (χ0n) is 17.8. The van der Waals surface area contributed by atoms with Crippen LogP contribution in [0.3, 0.4) is 0 Å². The minimum atomic E-state index is -3.55. The van der Waals surface area contributed by atoms with Crippen molar-refractivity contribution in [2.75, 3.05) is 18.4 Å². The molecule has 0 saturated heterocycles. The number of amides is 1. The quantitative estimate of drug-likeness (QED) is 0.513. The van der Waals surface area contributed by atoms with E-state index in [2.05, 4.69) is 10.3 Å². The van der Waals surface area contributed by atoms with Gasteiger partial charge in [0.05, 0.1) is 22.3 Å². The third-order valence-corrected chi connectivity index (χ3v) is 7.14. The van der Waals surface area contributed by atoms with E-state index in [1.54, 1.807) is 62.6 Å². The van der Waals surface area contributed by atoms with Crippen molar-refractivity contribution in [3.05, 3.63) is 54.4 Å². The van der Waals surface area contributed by atoms with Crippen LogP contribution in [0.4, 0.5) is 5.69 Å². The molecule has 0 aliphatic heterocycles. The molecule has 3 rings (SSSR count). The van der Waals surface area contributed by atoms with Crippen LogP contribution in [0.1, 0.15) is 37.6 Å². The molecule has 3 aromatic rings. The fraction of sp³-hybridized carbons (Fsp3) is 0.318. The predicted octanol–water partition coefficient (Wildman–Crippen LogP) is 3.30. The molecule has 8 nitrogen and oxygen atoms in total. The van der Waals surface area contributed by atoms with Gasteiger partial charge in [0.1, 0.15) is 0 Å². The lowest BCUT2D eigenvalue weighted by molar-refractivity contribution is -0.116. The second kappa shape index (κ2) is 9.40. The number of carbonyl (C=O) groups is 2. The number of ketones is 1. The summed E-state index contributed by atoms with van der Waals surface area (Å²) in [5.41, 5.74) is 2.53. The summed E-state index contributed by atoms with van der Waals surface area (Å²) < 4.78 is 28.6. The Hall–Kier alpha value is -3.04. The number of rotatable bonds is 9. The highest BCUT2D eigenvalue weighted by molar-refractivity contribution is 7.89. The van der Waals surface area contributed by atoms with E-state index in [0.29, 0.717) is 36.4 Å². The summed E-state index contributed by atoms with van der Waals surface area (Å²) >= 11 is 0. The molecule has 1 N–H and O–H groups in total. The summed E-state index contributed by atoms with van der Waals surface area (Å²) in [6.45, 7) is 6.30. The number of hydrogen-bond donors (Lipinski definition) is 1. The molecule has 0 spiro atoms. The molecule has 0 radical (unpaired) electrons. The fourth-order valence-corrected chi connectivity index (χ4v) is 4.81. The van der Waals surface area contributed by atoms with Crippen molar-refractivity contribution in [2.45, 2.75) is 38.6 Å². The number of carbonyl (C=O) groups excluding carboxylic acids is 2. The van der Waals surface area contributed by atoms with Gasteiger partial charge in [-0.25, -0.2) is 13.4 Å². The van der Waals surface area contributed by atoms with Gasteiger partial charge in [-0.1, -0.05) is 13.8 Å². The summed E-state index contributed by atoms with van der Waals surface area (Å²) in [7, 11) is -3.55. The standard InChI is InChI=1S/C22H26N4O4S/c1-4-26(5-2)31(29,30)19-10-11-21-20(14-19)23-15-25(21)13-12-22(28)24-18-8-6-17(7-9-18)16(3)27/h6-11,14-15H,4-5,12-13H2,1-3H3,(H,24,28). The van der Waals surface area contributed by atoms with Crippen molar-refractivity contribution in [1.29, 1.82) is 0 Å². The predicted molar refractivity (Wildman–Crippen MR) is 120 cm³/mol. The molecule has 0 bridgehead atoms. The number of fused-ring (bicyclic) bond motifs is 1. The minimum absolute atomic E-state index is 0.0297.